The molecule has 0 radical (unpaired) electrons. The fourth-order valence-electron chi connectivity index (χ4n) is 3.23. The number of anilines is 2. The van der Waals surface area contributed by atoms with Crippen LogP contribution in [0.15, 0.2) is 36.8 Å². The number of carbonyl (C=O) groups is 1. The van der Waals surface area contributed by atoms with E-state index in [1.54, 1.807) is 18.6 Å². The lowest BCUT2D eigenvalue weighted by molar-refractivity contribution is 0.0766. The Morgan fingerprint density at radius 1 is 1.14 bits per heavy atom. The second kappa shape index (κ2) is 10.0. The van der Waals surface area contributed by atoms with E-state index in [1.807, 2.05) is 23.1 Å². The predicted octanol–water partition coefficient (Wildman–Crippen LogP) is 3.07. The lowest BCUT2D eigenvalue weighted by atomic mass is 10.1. The summed E-state index contributed by atoms with van der Waals surface area (Å²) >= 11 is 0. The van der Waals surface area contributed by atoms with E-state index in [9.17, 15) is 4.79 Å². The molecule has 0 saturated carbocycles. The molecule has 0 bridgehead atoms. The topological polar surface area (TPSA) is 74.2 Å². The first-order chi connectivity index (χ1) is 13.7. The fraction of sp³-hybridized carbons (Fsp3) is 0.524. The van der Waals surface area contributed by atoms with Gasteiger partial charge in [-0.05, 0) is 37.0 Å². The first-order valence-corrected chi connectivity index (χ1v) is 10.2. The van der Waals surface area contributed by atoms with Crippen molar-refractivity contribution in [1.29, 1.82) is 0 Å². The van der Waals surface area contributed by atoms with Crippen LogP contribution in [0.3, 0.4) is 0 Å². The van der Waals surface area contributed by atoms with Crippen molar-refractivity contribution in [3.05, 3.63) is 42.4 Å². The average molecular weight is 383 g/mol. The predicted molar refractivity (Wildman–Crippen MR) is 112 cm³/mol. The number of pyridine rings is 1. The number of nitrogens with zero attached hydrogens (tertiary/aromatic N) is 5. The van der Waals surface area contributed by atoms with Gasteiger partial charge in [-0.15, -0.1) is 0 Å². The number of carbonyl (C=O) groups excluding carboxylic acids is 1. The van der Waals surface area contributed by atoms with Crippen LogP contribution in [-0.4, -0.2) is 58.5 Å². The Hall–Kier alpha value is -2.70. The Kier molecular flexibility index (Phi) is 7.17. The van der Waals surface area contributed by atoms with Gasteiger partial charge in [-0.25, -0.2) is 15.0 Å². The van der Waals surface area contributed by atoms with Crippen molar-refractivity contribution in [3.8, 4) is 0 Å². The molecule has 1 aliphatic heterocycles. The molecule has 150 valence electrons. The molecule has 7 nitrogen and oxygen atoms in total. The van der Waals surface area contributed by atoms with Crippen LogP contribution in [0.25, 0.3) is 0 Å². The maximum absolute atomic E-state index is 12.9. The van der Waals surface area contributed by atoms with Crippen molar-refractivity contribution in [2.75, 3.05) is 42.9 Å². The molecule has 28 heavy (non-hydrogen) atoms. The first kappa shape index (κ1) is 20.0. The lowest BCUT2D eigenvalue weighted by Gasteiger charge is -2.22. The molecular weight excluding hydrogens is 352 g/mol. The van der Waals surface area contributed by atoms with Gasteiger partial charge in [-0.2, -0.15) is 0 Å². The molecule has 7 heteroatoms. The van der Waals surface area contributed by atoms with E-state index in [2.05, 4.69) is 39.0 Å². The summed E-state index contributed by atoms with van der Waals surface area (Å²) < 4.78 is 0. The van der Waals surface area contributed by atoms with Gasteiger partial charge in [0, 0.05) is 51.3 Å². The van der Waals surface area contributed by atoms with Crippen molar-refractivity contribution in [2.24, 2.45) is 5.92 Å². The van der Waals surface area contributed by atoms with Gasteiger partial charge in [0.25, 0.3) is 5.91 Å². The Morgan fingerprint density at radius 2 is 1.96 bits per heavy atom. The lowest BCUT2D eigenvalue weighted by Crippen LogP contribution is -2.35. The highest BCUT2D eigenvalue weighted by atomic mass is 16.2. The molecule has 0 aliphatic carbocycles. The van der Waals surface area contributed by atoms with Crippen LogP contribution < -0.4 is 10.2 Å². The standard InChI is InChI=1S/C21H30N6O/c1-3-17(2)8-11-22-19-7-6-18(16-25-19)20(28)26-12-5-13-27(15-14-26)21-23-9-4-10-24-21/h4,6-7,9-10,16-17H,3,5,8,11-15H2,1-2H3,(H,22,25). The van der Waals surface area contributed by atoms with E-state index in [4.69, 9.17) is 0 Å². The minimum atomic E-state index is 0.0366. The van der Waals surface area contributed by atoms with Gasteiger partial charge in [0.15, 0.2) is 0 Å². The van der Waals surface area contributed by atoms with Gasteiger partial charge >= 0.3 is 0 Å². The van der Waals surface area contributed by atoms with Crippen LogP contribution in [0.1, 0.15) is 43.5 Å². The van der Waals surface area contributed by atoms with Crippen LogP contribution in [0.4, 0.5) is 11.8 Å². The Balaban J connectivity index is 1.53. The Morgan fingerprint density at radius 3 is 2.68 bits per heavy atom. The van der Waals surface area contributed by atoms with Crippen molar-refractivity contribution >= 4 is 17.7 Å². The molecule has 1 unspecified atom stereocenters. The summed E-state index contributed by atoms with van der Waals surface area (Å²) in [6.45, 7) is 8.34. The minimum absolute atomic E-state index is 0.0366. The van der Waals surface area contributed by atoms with Crippen molar-refractivity contribution in [1.82, 2.24) is 19.9 Å². The molecule has 0 spiro atoms. The van der Waals surface area contributed by atoms with Gasteiger partial charge in [0.1, 0.15) is 5.82 Å². The van der Waals surface area contributed by atoms with Crippen LogP contribution >= 0.6 is 0 Å². The monoisotopic (exact) mass is 382 g/mol. The highest BCUT2D eigenvalue weighted by molar-refractivity contribution is 5.94. The number of amides is 1. The Labute approximate surface area is 167 Å². The third-order valence-corrected chi connectivity index (χ3v) is 5.27. The number of hydrogen-bond donors (Lipinski definition) is 1. The molecule has 3 heterocycles. The van der Waals surface area contributed by atoms with Crippen LogP contribution in [-0.2, 0) is 0 Å². The highest BCUT2D eigenvalue weighted by Gasteiger charge is 2.21. The van der Waals surface area contributed by atoms with Crippen LogP contribution in [0.2, 0.25) is 0 Å². The maximum atomic E-state index is 12.9. The SMILES string of the molecule is CCC(C)CCNc1ccc(C(=O)N2CCCN(c3ncccn3)CC2)cn1. The molecule has 2 aromatic heterocycles. The summed E-state index contributed by atoms with van der Waals surface area (Å²) in [5.41, 5.74) is 0.636. The first-order valence-electron chi connectivity index (χ1n) is 10.2. The largest absolute Gasteiger partial charge is 0.370 e. The smallest absolute Gasteiger partial charge is 0.255 e. The second-order valence-electron chi connectivity index (χ2n) is 7.34. The van der Waals surface area contributed by atoms with E-state index in [1.165, 1.54) is 6.42 Å². The van der Waals surface area contributed by atoms with Gasteiger partial charge in [-0.1, -0.05) is 20.3 Å². The fourth-order valence-corrected chi connectivity index (χ4v) is 3.23. The number of rotatable bonds is 7. The third kappa shape index (κ3) is 5.41. The maximum Gasteiger partial charge on any atom is 0.255 e. The zero-order valence-electron chi connectivity index (χ0n) is 16.8. The molecular formula is C21H30N6O. The normalized spacial score (nSPS) is 15.8. The molecule has 1 amide bonds. The molecule has 1 fully saturated rings. The number of hydrogen-bond acceptors (Lipinski definition) is 6. The molecule has 0 aromatic carbocycles. The van der Waals surface area contributed by atoms with E-state index in [0.29, 0.717) is 18.0 Å². The quantitative estimate of drug-likeness (QED) is 0.793. The molecule has 1 atom stereocenters. The minimum Gasteiger partial charge on any atom is -0.370 e. The zero-order chi connectivity index (χ0) is 19.8. The van der Waals surface area contributed by atoms with Crippen LogP contribution in [0, 0.1) is 5.92 Å². The summed E-state index contributed by atoms with van der Waals surface area (Å²) in [6.07, 6.45) is 8.38. The van der Waals surface area contributed by atoms with Crippen LogP contribution in [0.5, 0.6) is 0 Å². The summed E-state index contributed by atoms with van der Waals surface area (Å²) in [6, 6.07) is 5.57. The number of aromatic nitrogens is 3. The highest BCUT2D eigenvalue weighted by Crippen LogP contribution is 2.14. The average Bonchev–Trinajstić information content (AvgIpc) is 3.00. The van der Waals surface area contributed by atoms with Crippen molar-refractivity contribution in [2.45, 2.75) is 33.1 Å². The second-order valence-corrected chi connectivity index (χ2v) is 7.34. The molecule has 2 aromatic rings. The molecule has 1 N–H and O–H groups in total. The molecule has 1 aliphatic rings. The van der Waals surface area contributed by atoms with E-state index in [0.717, 1.165) is 50.8 Å². The van der Waals surface area contributed by atoms with E-state index < -0.39 is 0 Å². The number of nitrogens with one attached hydrogen (secondary N) is 1. The van der Waals surface area contributed by atoms with Gasteiger partial charge in [-0.3, -0.25) is 4.79 Å². The van der Waals surface area contributed by atoms with Crippen molar-refractivity contribution in [3.63, 3.8) is 0 Å². The Bertz CT molecular complexity index is 736. The third-order valence-electron chi connectivity index (χ3n) is 5.27. The van der Waals surface area contributed by atoms with Gasteiger partial charge in [0.05, 0.1) is 5.56 Å². The van der Waals surface area contributed by atoms with Gasteiger partial charge < -0.3 is 15.1 Å². The van der Waals surface area contributed by atoms with Gasteiger partial charge in [0.2, 0.25) is 5.95 Å². The summed E-state index contributed by atoms with van der Waals surface area (Å²) in [4.78, 5) is 29.9. The molecule has 3 rings (SSSR count). The summed E-state index contributed by atoms with van der Waals surface area (Å²) in [7, 11) is 0. The van der Waals surface area contributed by atoms with E-state index >= 15 is 0 Å². The summed E-state index contributed by atoms with van der Waals surface area (Å²) in [5.74, 6) is 2.29. The van der Waals surface area contributed by atoms with Crippen molar-refractivity contribution < 1.29 is 4.79 Å². The van der Waals surface area contributed by atoms with E-state index in [-0.39, 0.29) is 5.91 Å². The summed E-state index contributed by atoms with van der Waals surface area (Å²) in [5, 5.41) is 3.33. The molecule has 1 saturated heterocycles. The zero-order valence-corrected chi connectivity index (χ0v) is 16.8.